The molecule has 1 fully saturated rings. The van der Waals surface area contributed by atoms with E-state index in [0.29, 0.717) is 13.0 Å². The molecule has 0 spiro atoms. The van der Waals surface area contributed by atoms with E-state index in [1.807, 2.05) is 0 Å². The van der Waals surface area contributed by atoms with E-state index < -0.39 is 19.7 Å². The van der Waals surface area contributed by atoms with Crippen LogP contribution in [-0.2, 0) is 13.9 Å². The minimum Gasteiger partial charge on any atom is -0.480 e. The predicted molar refractivity (Wildman–Crippen MR) is 45.3 cm³/mol. The third kappa shape index (κ3) is 3.28. The van der Waals surface area contributed by atoms with Crippen LogP contribution in [0.3, 0.4) is 0 Å². The van der Waals surface area contributed by atoms with Crippen LogP contribution < -0.4 is 5.32 Å². The standard InChI is InChI=1S/C7H12NO4P/c9-7(10)6-3-5(1-2-8-6)4-13(11)12/h5-6,8H,1-4H2,(H,9,10). The maximum Gasteiger partial charge on any atom is 0.320 e. The normalized spacial score (nSPS) is 28.3. The summed E-state index contributed by atoms with van der Waals surface area (Å²) in [6, 6.07) is -0.575. The molecule has 74 valence electrons. The van der Waals surface area contributed by atoms with E-state index >= 15 is 0 Å². The van der Waals surface area contributed by atoms with Gasteiger partial charge in [0.05, 0.1) is 6.16 Å². The molecule has 0 aliphatic carbocycles. The van der Waals surface area contributed by atoms with Crippen molar-refractivity contribution in [2.24, 2.45) is 5.92 Å². The topological polar surface area (TPSA) is 83.5 Å². The number of nitrogens with one attached hydrogen (secondary N) is 1. The van der Waals surface area contributed by atoms with Gasteiger partial charge in [-0.3, -0.25) is 4.79 Å². The molecule has 1 heterocycles. The zero-order valence-corrected chi connectivity index (χ0v) is 8.00. The summed E-state index contributed by atoms with van der Waals surface area (Å²) >= 11 is 0. The summed E-state index contributed by atoms with van der Waals surface area (Å²) in [6.45, 7) is 0.588. The van der Waals surface area contributed by atoms with Crippen molar-refractivity contribution in [3.63, 3.8) is 0 Å². The number of piperidine rings is 1. The zero-order valence-electron chi connectivity index (χ0n) is 7.10. The van der Waals surface area contributed by atoms with Gasteiger partial charge in [0, 0.05) is 0 Å². The predicted octanol–water partition coefficient (Wildman–Crippen LogP) is 0.612. The van der Waals surface area contributed by atoms with Crippen molar-refractivity contribution in [3.05, 3.63) is 0 Å². The lowest BCUT2D eigenvalue weighted by Gasteiger charge is -2.25. The van der Waals surface area contributed by atoms with Crippen molar-refractivity contribution in [1.29, 1.82) is 0 Å². The number of carboxylic acids is 1. The Labute approximate surface area is 76.3 Å². The molecule has 2 N–H and O–H groups in total. The quantitative estimate of drug-likeness (QED) is 0.659. The molecule has 0 radical (unpaired) electrons. The molecule has 1 aliphatic heterocycles. The average Bonchev–Trinajstić information content (AvgIpc) is 2.03. The van der Waals surface area contributed by atoms with E-state index in [2.05, 4.69) is 5.32 Å². The molecule has 1 rings (SSSR count). The van der Waals surface area contributed by atoms with Gasteiger partial charge in [0.1, 0.15) is 6.04 Å². The third-order valence-electron chi connectivity index (χ3n) is 2.22. The average molecular weight is 205 g/mol. The number of carbonyl (C=O) groups is 1. The summed E-state index contributed by atoms with van der Waals surface area (Å²) in [5, 5.41) is 11.5. The van der Waals surface area contributed by atoms with Crippen molar-refractivity contribution >= 4 is 13.6 Å². The van der Waals surface area contributed by atoms with Crippen molar-refractivity contribution in [3.8, 4) is 0 Å². The molecule has 1 aliphatic rings. The highest BCUT2D eigenvalue weighted by atomic mass is 31.1. The summed E-state index contributed by atoms with van der Waals surface area (Å²) in [7, 11) is -2.38. The Hall–Kier alpha value is -0.670. The van der Waals surface area contributed by atoms with Crippen LogP contribution in [0.1, 0.15) is 12.8 Å². The molecule has 1 saturated heterocycles. The second-order valence-corrected chi connectivity index (χ2v) is 4.28. The van der Waals surface area contributed by atoms with Crippen LogP contribution in [-0.4, -0.2) is 29.8 Å². The molecule has 0 aromatic carbocycles. The van der Waals surface area contributed by atoms with Gasteiger partial charge < -0.3 is 10.4 Å². The van der Waals surface area contributed by atoms with Crippen molar-refractivity contribution in [2.45, 2.75) is 18.9 Å². The second kappa shape index (κ2) is 4.53. The van der Waals surface area contributed by atoms with Gasteiger partial charge in [-0.15, -0.1) is 0 Å². The molecule has 6 heteroatoms. The Morgan fingerprint density at radius 3 is 2.77 bits per heavy atom. The van der Waals surface area contributed by atoms with Gasteiger partial charge >= 0.3 is 13.6 Å². The SMILES string of the molecule is O=C(O)C1CC(CP(=O)=O)CCN1. The molecule has 0 aromatic heterocycles. The molecule has 2 atom stereocenters. The van der Waals surface area contributed by atoms with Crippen LogP contribution >= 0.6 is 7.68 Å². The van der Waals surface area contributed by atoms with Crippen LogP contribution in [0, 0.1) is 5.92 Å². The van der Waals surface area contributed by atoms with Gasteiger partial charge in [-0.2, -0.15) is 0 Å². The van der Waals surface area contributed by atoms with Crippen LogP contribution in [0.5, 0.6) is 0 Å². The van der Waals surface area contributed by atoms with E-state index in [0.717, 1.165) is 6.42 Å². The van der Waals surface area contributed by atoms with E-state index in [1.54, 1.807) is 0 Å². The van der Waals surface area contributed by atoms with Crippen molar-refractivity contribution < 1.29 is 19.0 Å². The van der Waals surface area contributed by atoms with Crippen LogP contribution in [0.15, 0.2) is 0 Å². The van der Waals surface area contributed by atoms with Gasteiger partial charge in [-0.25, -0.2) is 9.13 Å². The molecule has 0 saturated carbocycles. The lowest BCUT2D eigenvalue weighted by atomic mass is 9.94. The van der Waals surface area contributed by atoms with Gasteiger partial charge in [0.2, 0.25) is 0 Å². The molecular weight excluding hydrogens is 193 g/mol. The Kier molecular flexibility index (Phi) is 3.63. The van der Waals surface area contributed by atoms with Crippen molar-refractivity contribution in [1.82, 2.24) is 5.32 Å². The lowest BCUT2D eigenvalue weighted by Crippen LogP contribution is -2.43. The highest BCUT2D eigenvalue weighted by Gasteiger charge is 2.27. The minimum atomic E-state index is -2.38. The maximum absolute atomic E-state index is 10.6. The molecular formula is C7H12NO4P. The first-order valence-corrected chi connectivity index (χ1v) is 5.54. The first kappa shape index (κ1) is 10.4. The Bertz CT molecular complexity index is 255. The number of rotatable bonds is 3. The minimum absolute atomic E-state index is 0.00320. The van der Waals surface area contributed by atoms with Gasteiger partial charge in [-0.1, -0.05) is 0 Å². The van der Waals surface area contributed by atoms with E-state index in [-0.39, 0.29) is 12.1 Å². The maximum atomic E-state index is 10.6. The van der Waals surface area contributed by atoms with Gasteiger partial charge in [0.15, 0.2) is 0 Å². The number of hydrogen-bond acceptors (Lipinski definition) is 4. The molecule has 0 bridgehead atoms. The highest BCUT2D eigenvalue weighted by Crippen LogP contribution is 2.22. The van der Waals surface area contributed by atoms with Crippen molar-refractivity contribution in [2.75, 3.05) is 12.7 Å². The lowest BCUT2D eigenvalue weighted by molar-refractivity contribution is -0.140. The fourth-order valence-electron chi connectivity index (χ4n) is 1.56. The molecule has 13 heavy (non-hydrogen) atoms. The van der Waals surface area contributed by atoms with Crippen LogP contribution in [0.2, 0.25) is 0 Å². The summed E-state index contributed by atoms with van der Waals surface area (Å²) in [6.07, 6.45) is 1.27. The summed E-state index contributed by atoms with van der Waals surface area (Å²) in [5.41, 5.74) is 0. The number of carboxylic acid groups (broad SMARTS) is 1. The Morgan fingerprint density at radius 1 is 1.54 bits per heavy atom. The highest BCUT2D eigenvalue weighted by molar-refractivity contribution is 7.30. The smallest absolute Gasteiger partial charge is 0.320 e. The van der Waals surface area contributed by atoms with Gasteiger partial charge in [-0.05, 0) is 25.3 Å². The summed E-state index contributed by atoms with van der Waals surface area (Å²) in [4.78, 5) is 10.6. The second-order valence-electron chi connectivity index (χ2n) is 3.25. The van der Waals surface area contributed by atoms with Crippen LogP contribution in [0.4, 0.5) is 0 Å². The molecule has 0 aromatic rings. The van der Waals surface area contributed by atoms with Gasteiger partial charge in [0.25, 0.3) is 0 Å². The zero-order chi connectivity index (χ0) is 9.84. The molecule has 5 nitrogen and oxygen atoms in total. The number of hydrogen-bond donors (Lipinski definition) is 2. The largest absolute Gasteiger partial charge is 0.480 e. The summed E-state index contributed by atoms with van der Waals surface area (Å²) < 4.78 is 20.8. The third-order valence-corrected chi connectivity index (χ3v) is 3.03. The fourth-order valence-corrected chi connectivity index (χ4v) is 2.31. The number of aliphatic carboxylic acids is 1. The van der Waals surface area contributed by atoms with E-state index in [1.165, 1.54) is 0 Å². The van der Waals surface area contributed by atoms with Crippen LogP contribution in [0.25, 0.3) is 0 Å². The molecule has 2 unspecified atom stereocenters. The first-order chi connectivity index (χ1) is 6.09. The first-order valence-electron chi connectivity index (χ1n) is 4.17. The fraction of sp³-hybridized carbons (Fsp3) is 0.857. The monoisotopic (exact) mass is 205 g/mol. The Balaban J connectivity index is 2.46. The Morgan fingerprint density at radius 2 is 2.23 bits per heavy atom. The molecule has 0 amide bonds. The van der Waals surface area contributed by atoms with E-state index in [4.69, 9.17) is 5.11 Å². The van der Waals surface area contributed by atoms with E-state index in [9.17, 15) is 13.9 Å². The summed E-state index contributed by atoms with van der Waals surface area (Å²) in [5.74, 6) is -0.894.